The van der Waals surface area contributed by atoms with Crippen molar-refractivity contribution in [2.45, 2.75) is 58.4 Å². The van der Waals surface area contributed by atoms with Crippen molar-refractivity contribution in [1.29, 1.82) is 0 Å². The number of benzene rings is 1. The number of ether oxygens (including phenoxy) is 1. The highest BCUT2D eigenvalue weighted by atomic mass is 19.1. The Labute approximate surface area is 199 Å². The van der Waals surface area contributed by atoms with Crippen LogP contribution >= 0.6 is 0 Å². The molecule has 0 saturated carbocycles. The van der Waals surface area contributed by atoms with Gasteiger partial charge in [0, 0.05) is 18.7 Å². The van der Waals surface area contributed by atoms with Gasteiger partial charge in [-0.15, -0.1) is 0 Å². The Morgan fingerprint density at radius 3 is 2.60 bits per heavy atom. The molecule has 2 N–H and O–H groups in total. The minimum absolute atomic E-state index is 0.130. The lowest BCUT2D eigenvalue weighted by atomic mass is 9.66. The minimum Gasteiger partial charge on any atom is -0.372 e. The molecule has 1 spiro atoms. The van der Waals surface area contributed by atoms with Gasteiger partial charge in [0.15, 0.2) is 23.6 Å². The maximum absolute atomic E-state index is 16.0. The van der Waals surface area contributed by atoms with E-state index in [1.54, 1.807) is 38.7 Å². The van der Waals surface area contributed by atoms with Gasteiger partial charge in [0.05, 0.1) is 29.3 Å². The van der Waals surface area contributed by atoms with Crippen molar-refractivity contribution >= 4 is 46.5 Å². The number of rotatable bonds is 3. The van der Waals surface area contributed by atoms with Gasteiger partial charge < -0.3 is 19.0 Å². The fourth-order valence-electron chi connectivity index (χ4n) is 5.61. The van der Waals surface area contributed by atoms with E-state index in [-0.39, 0.29) is 41.4 Å². The molecule has 2 fully saturated rings. The summed E-state index contributed by atoms with van der Waals surface area (Å²) in [7, 11) is 0. The molecule has 35 heavy (non-hydrogen) atoms. The second-order valence-electron chi connectivity index (χ2n) is 9.43. The largest absolute Gasteiger partial charge is 0.372 e. The smallest absolute Gasteiger partial charge is 0.328 e. The van der Waals surface area contributed by atoms with Crippen LogP contribution < -0.4 is 15.5 Å². The molecular formula is C23H24FN5O6. The van der Waals surface area contributed by atoms with Crippen molar-refractivity contribution < 1.29 is 32.8 Å². The maximum atomic E-state index is 16.0. The van der Waals surface area contributed by atoms with Crippen LogP contribution in [-0.2, 0) is 25.5 Å². The molecule has 184 valence electrons. The van der Waals surface area contributed by atoms with E-state index in [9.17, 15) is 19.2 Å². The van der Waals surface area contributed by atoms with Gasteiger partial charge in [-0.25, -0.2) is 9.18 Å². The standard InChI is InChI=1S/C23H24FN5O6/c1-9(2)25-14(8-30)16-13-5-12-6-23(20(31)26-22(33)27-21(23)32)19-11(4)34-10(3)7-29(19)17(12)15(24)18(13)35-28-16/h5,8,10-11,14,19H,6-7H2,1-4H3,(H2,26,27,31,32,33)/t10-,11+,14?,19-/m1/s1. The maximum Gasteiger partial charge on any atom is 0.328 e. The second-order valence-corrected chi connectivity index (χ2v) is 9.43. The van der Waals surface area contributed by atoms with Crippen molar-refractivity contribution in [3.63, 3.8) is 0 Å². The molecule has 2 aromatic rings. The molecule has 2 saturated heterocycles. The number of hydrogen-bond acceptors (Lipinski definition) is 9. The first-order valence-electron chi connectivity index (χ1n) is 11.2. The summed E-state index contributed by atoms with van der Waals surface area (Å²) < 4.78 is 27.3. The molecule has 4 heterocycles. The molecule has 5 rings (SSSR count). The first kappa shape index (κ1) is 23.1. The lowest BCUT2D eigenvalue weighted by Gasteiger charge is -2.55. The van der Waals surface area contributed by atoms with Gasteiger partial charge in [-0.2, -0.15) is 0 Å². The number of amides is 4. The Morgan fingerprint density at radius 2 is 1.97 bits per heavy atom. The normalized spacial score (nSPS) is 26.0. The predicted molar refractivity (Wildman–Crippen MR) is 121 cm³/mol. The number of aldehydes is 1. The van der Waals surface area contributed by atoms with Gasteiger partial charge in [-0.1, -0.05) is 5.16 Å². The summed E-state index contributed by atoms with van der Waals surface area (Å²) in [6, 6.07) is -1.23. The lowest BCUT2D eigenvalue weighted by Crippen LogP contribution is -2.75. The number of anilines is 1. The summed E-state index contributed by atoms with van der Waals surface area (Å²) in [5.74, 6) is -2.27. The van der Waals surface area contributed by atoms with E-state index in [1.807, 2.05) is 0 Å². The quantitative estimate of drug-likeness (QED) is 0.379. The number of hydrogen-bond donors (Lipinski definition) is 2. The number of nitrogens with zero attached hydrogens (tertiary/aromatic N) is 3. The van der Waals surface area contributed by atoms with Gasteiger partial charge in [0.2, 0.25) is 17.4 Å². The van der Waals surface area contributed by atoms with Crippen LogP contribution in [0, 0.1) is 11.2 Å². The summed E-state index contributed by atoms with van der Waals surface area (Å²) in [5.41, 5.74) is -0.629. The number of barbiturate groups is 1. The molecule has 4 amide bonds. The Bertz CT molecular complexity index is 1300. The van der Waals surface area contributed by atoms with Crippen LogP contribution in [0.25, 0.3) is 11.0 Å². The summed E-state index contributed by atoms with van der Waals surface area (Å²) >= 11 is 0. The Balaban J connectivity index is 1.76. The summed E-state index contributed by atoms with van der Waals surface area (Å²) in [6.07, 6.45) is -0.589. The first-order chi connectivity index (χ1) is 16.6. The lowest BCUT2D eigenvalue weighted by molar-refractivity contribution is -0.153. The molecule has 1 unspecified atom stereocenters. The Hall–Kier alpha value is -3.67. The highest BCUT2D eigenvalue weighted by molar-refractivity contribution is 6.20. The fourth-order valence-corrected chi connectivity index (χ4v) is 5.61. The van der Waals surface area contributed by atoms with Crippen molar-refractivity contribution in [2.75, 3.05) is 11.4 Å². The number of aromatic nitrogens is 1. The number of urea groups is 1. The van der Waals surface area contributed by atoms with E-state index in [2.05, 4.69) is 20.8 Å². The van der Waals surface area contributed by atoms with Crippen LogP contribution in [0.5, 0.6) is 0 Å². The van der Waals surface area contributed by atoms with Crippen molar-refractivity contribution in [3.05, 3.63) is 23.1 Å². The van der Waals surface area contributed by atoms with E-state index < -0.39 is 47.3 Å². The number of morpholine rings is 1. The SMILES string of the molecule is CC(C)=NC(C=O)c1noc2c(F)c3c(cc12)CC1(C(=O)NC(=O)NC1=O)[C@H]1[C@H](C)O[C@H](C)CN31. The number of carbonyl (C=O) groups is 4. The van der Waals surface area contributed by atoms with E-state index in [1.165, 1.54) is 0 Å². The van der Waals surface area contributed by atoms with Gasteiger partial charge in [0.25, 0.3) is 0 Å². The highest BCUT2D eigenvalue weighted by Gasteiger charge is 2.63. The molecule has 1 aromatic heterocycles. The summed E-state index contributed by atoms with van der Waals surface area (Å²) in [5, 5.41) is 8.54. The molecule has 1 aromatic carbocycles. The van der Waals surface area contributed by atoms with Gasteiger partial charge in [0.1, 0.15) is 5.69 Å². The minimum atomic E-state index is -1.75. The molecular weight excluding hydrogens is 461 g/mol. The monoisotopic (exact) mass is 485 g/mol. The third-order valence-electron chi connectivity index (χ3n) is 6.80. The van der Waals surface area contributed by atoms with E-state index in [0.29, 0.717) is 17.6 Å². The molecule has 3 aliphatic rings. The predicted octanol–water partition coefficient (Wildman–Crippen LogP) is 1.58. The average Bonchev–Trinajstić information content (AvgIpc) is 3.19. The molecule has 0 bridgehead atoms. The van der Waals surface area contributed by atoms with Crippen molar-refractivity contribution in [3.8, 4) is 0 Å². The zero-order chi connectivity index (χ0) is 25.2. The van der Waals surface area contributed by atoms with Crippen molar-refractivity contribution in [1.82, 2.24) is 15.8 Å². The van der Waals surface area contributed by atoms with Gasteiger partial charge in [-0.05, 0) is 39.3 Å². The molecule has 12 heteroatoms. The van der Waals surface area contributed by atoms with Crippen molar-refractivity contribution in [2.24, 2.45) is 10.4 Å². The second kappa shape index (κ2) is 7.94. The third-order valence-corrected chi connectivity index (χ3v) is 6.80. The van der Waals surface area contributed by atoms with Crippen LogP contribution in [0.3, 0.4) is 0 Å². The van der Waals surface area contributed by atoms with E-state index >= 15 is 4.39 Å². The number of halogens is 1. The highest BCUT2D eigenvalue weighted by Crippen LogP contribution is 2.49. The fraction of sp³-hybridized carbons (Fsp3) is 0.478. The summed E-state index contributed by atoms with van der Waals surface area (Å²) in [4.78, 5) is 56.0. The third kappa shape index (κ3) is 3.27. The average molecular weight is 485 g/mol. The number of carbonyl (C=O) groups excluding carboxylic acids is 4. The van der Waals surface area contributed by atoms with Crippen LogP contribution in [0.15, 0.2) is 15.6 Å². The molecule has 4 atom stereocenters. The first-order valence-corrected chi connectivity index (χ1v) is 11.2. The number of nitrogens with one attached hydrogen (secondary N) is 2. The molecule has 0 aliphatic carbocycles. The number of aliphatic imine (C=N–C) groups is 1. The molecule has 3 aliphatic heterocycles. The van der Waals surface area contributed by atoms with E-state index in [4.69, 9.17) is 9.26 Å². The van der Waals surface area contributed by atoms with E-state index in [0.717, 1.165) is 0 Å². The zero-order valence-electron chi connectivity index (χ0n) is 19.5. The summed E-state index contributed by atoms with van der Waals surface area (Å²) in [6.45, 7) is 7.14. The topological polar surface area (TPSA) is 143 Å². The molecule has 0 radical (unpaired) electrons. The van der Waals surface area contributed by atoms with Crippen LogP contribution in [-0.4, -0.2) is 59.8 Å². The number of fused-ring (bicyclic) bond motifs is 5. The number of imide groups is 2. The van der Waals surface area contributed by atoms with Gasteiger partial charge in [-0.3, -0.25) is 25.2 Å². The van der Waals surface area contributed by atoms with Crippen LogP contribution in [0.4, 0.5) is 14.9 Å². The Kier molecular flexibility index (Phi) is 5.24. The zero-order valence-corrected chi connectivity index (χ0v) is 19.5. The van der Waals surface area contributed by atoms with Crippen LogP contribution in [0.2, 0.25) is 0 Å². The Morgan fingerprint density at radius 1 is 1.29 bits per heavy atom. The van der Waals surface area contributed by atoms with Crippen LogP contribution in [0.1, 0.15) is 45.0 Å². The molecule has 11 nitrogen and oxygen atoms in total. The van der Waals surface area contributed by atoms with Gasteiger partial charge >= 0.3 is 6.03 Å².